The molecule has 4 aromatic rings. The predicted octanol–water partition coefficient (Wildman–Crippen LogP) is 4.71. The lowest BCUT2D eigenvalue weighted by molar-refractivity contribution is 0.0218. The number of fused-ring (bicyclic) bond motifs is 1. The Labute approximate surface area is 208 Å². The van der Waals surface area contributed by atoms with E-state index in [1.807, 2.05) is 66.6 Å². The van der Waals surface area contributed by atoms with Crippen molar-refractivity contribution in [2.75, 3.05) is 24.5 Å². The van der Waals surface area contributed by atoms with Crippen LogP contribution in [0.5, 0.6) is 0 Å². The van der Waals surface area contributed by atoms with Crippen LogP contribution < -0.4 is 4.90 Å². The fourth-order valence-electron chi connectivity index (χ4n) is 4.43. The normalized spacial score (nSPS) is 16.7. The van der Waals surface area contributed by atoms with Gasteiger partial charge in [-0.1, -0.05) is 17.7 Å². The molecule has 35 heavy (non-hydrogen) atoms. The van der Waals surface area contributed by atoms with Gasteiger partial charge in [0.25, 0.3) is 0 Å². The molecular formula is C25H28ClN7O2. The van der Waals surface area contributed by atoms with Crippen LogP contribution in [0, 0.1) is 0 Å². The number of nitrogens with zero attached hydrogens (tertiary/aromatic N) is 7. The van der Waals surface area contributed by atoms with E-state index in [2.05, 4.69) is 21.8 Å². The fourth-order valence-corrected chi connectivity index (χ4v) is 4.61. The lowest BCUT2D eigenvalue weighted by Gasteiger charge is -2.41. The highest BCUT2D eigenvalue weighted by molar-refractivity contribution is 6.30. The van der Waals surface area contributed by atoms with Crippen molar-refractivity contribution >= 4 is 34.5 Å². The Morgan fingerprint density at radius 2 is 2.03 bits per heavy atom. The maximum Gasteiger partial charge on any atom is 0.410 e. The highest BCUT2D eigenvalue weighted by Gasteiger charge is 2.32. The molecule has 0 spiro atoms. The topological polar surface area (TPSA) is 81.3 Å². The third-order valence-corrected chi connectivity index (χ3v) is 6.20. The number of benzene rings is 1. The van der Waals surface area contributed by atoms with Crippen LogP contribution >= 0.6 is 11.6 Å². The molecule has 3 aromatic heterocycles. The van der Waals surface area contributed by atoms with E-state index in [1.54, 1.807) is 23.8 Å². The minimum atomic E-state index is -0.529. The molecule has 0 saturated carbocycles. The zero-order valence-electron chi connectivity index (χ0n) is 20.2. The van der Waals surface area contributed by atoms with Gasteiger partial charge in [0.05, 0.1) is 17.4 Å². The molecule has 0 N–H and O–H groups in total. The third kappa shape index (κ3) is 4.55. The summed E-state index contributed by atoms with van der Waals surface area (Å²) in [6.07, 6.45) is 8.73. The van der Waals surface area contributed by atoms with E-state index >= 15 is 0 Å². The van der Waals surface area contributed by atoms with E-state index in [0.717, 1.165) is 28.2 Å². The molecule has 1 amide bonds. The van der Waals surface area contributed by atoms with Crippen molar-refractivity contribution in [3.63, 3.8) is 0 Å². The SMILES string of the molecule is C[C@H]1CN(C(=O)OC(C)(C)C)CCN1c1ncnc2c1c(-n1ccnc1)cn2-c1cccc(Cl)c1. The number of carbonyl (C=O) groups excluding carboxylic acids is 1. The Hall–Kier alpha value is -3.59. The number of rotatable bonds is 3. The smallest absolute Gasteiger partial charge is 0.410 e. The average molecular weight is 494 g/mol. The summed E-state index contributed by atoms with van der Waals surface area (Å²) in [6.45, 7) is 9.43. The van der Waals surface area contributed by atoms with Gasteiger partial charge in [0.15, 0.2) is 5.65 Å². The Kier molecular flexibility index (Phi) is 5.88. The lowest BCUT2D eigenvalue weighted by Crippen LogP contribution is -2.54. The molecule has 0 unspecified atom stereocenters. The zero-order chi connectivity index (χ0) is 24.7. The highest BCUT2D eigenvalue weighted by atomic mass is 35.5. The first-order chi connectivity index (χ1) is 16.7. The number of imidazole rings is 1. The third-order valence-electron chi connectivity index (χ3n) is 5.96. The molecule has 1 fully saturated rings. The van der Waals surface area contributed by atoms with E-state index in [9.17, 15) is 4.79 Å². The average Bonchev–Trinajstić information content (AvgIpc) is 3.46. The summed E-state index contributed by atoms with van der Waals surface area (Å²) in [7, 11) is 0. The number of ether oxygens (including phenoxy) is 1. The largest absolute Gasteiger partial charge is 0.444 e. The monoisotopic (exact) mass is 493 g/mol. The van der Waals surface area contributed by atoms with Gasteiger partial charge in [0.1, 0.15) is 17.7 Å². The molecule has 9 nitrogen and oxygen atoms in total. The second kappa shape index (κ2) is 8.88. The van der Waals surface area contributed by atoms with Crippen LogP contribution in [0.4, 0.5) is 10.6 Å². The van der Waals surface area contributed by atoms with E-state index in [0.29, 0.717) is 24.7 Å². The first-order valence-electron chi connectivity index (χ1n) is 11.6. The summed E-state index contributed by atoms with van der Waals surface area (Å²) in [5.41, 5.74) is 2.05. The number of amides is 1. The molecule has 1 aliphatic rings. The summed E-state index contributed by atoms with van der Waals surface area (Å²) >= 11 is 6.29. The van der Waals surface area contributed by atoms with Gasteiger partial charge in [-0.15, -0.1) is 0 Å². The first kappa shape index (κ1) is 23.2. The number of halogens is 1. The van der Waals surface area contributed by atoms with E-state index in [1.165, 1.54) is 0 Å². The number of hydrogen-bond acceptors (Lipinski definition) is 6. The maximum atomic E-state index is 12.6. The number of aromatic nitrogens is 5. The van der Waals surface area contributed by atoms with Crippen molar-refractivity contribution < 1.29 is 9.53 Å². The summed E-state index contributed by atoms with van der Waals surface area (Å²) in [4.78, 5) is 30.2. The summed E-state index contributed by atoms with van der Waals surface area (Å²) < 4.78 is 9.56. The van der Waals surface area contributed by atoms with Crippen molar-refractivity contribution in [1.82, 2.24) is 29.0 Å². The van der Waals surface area contributed by atoms with Gasteiger partial charge < -0.3 is 19.1 Å². The van der Waals surface area contributed by atoms with Gasteiger partial charge >= 0.3 is 6.09 Å². The van der Waals surface area contributed by atoms with Crippen molar-refractivity contribution in [2.24, 2.45) is 0 Å². The number of piperazine rings is 1. The Morgan fingerprint density at radius 3 is 2.71 bits per heavy atom. The zero-order valence-corrected chi connectivity index (χ0v) is 21.0. The van der Waals surface area contributed by atoms with Crippen molar-refractivity contribution in [2.45, 2.75) is 39.3 Å². The minimum Gasteiger partial charge on any atom is -0.444 e. The van der Waals surface area contributed by atoms with Crippen LogP contribution in [0.2, 0.25) is 5.02 Å². The van der Waals surface area contributed by atoms with Crippen LogP contribution in [0.3, 0.4) is 0 Å². The molecule has 0 radical (unpaired) electrons. The van der Waals surface area contributed by atoms with Gasteiger partial charge in [-0.3, -0.25) is 4.57 Å². The molecule has 182 valence electrons. The maximum absolute atomic E-state index is 12.6. The number of hydrogen-bond donors (Lipinski definition) is 0. The predicted molar refractivity (Wildman–Crippen MR) is 136 cm³/mol. The van der Waals surface area contributed by atoms with Crippen molar-refractivity contribution in [3.8, 4) is 11.4 Å². The van der Waals surface area contributed by atoms with Crippen LogP contribution in [-0.4, -0.2) is 66.4 Å². The van der Waals surface area contributed by atoms with Gasteiger partial charge in [0.2, 0.25) is 0 Å². The molecule has 0 bridgehead atoms. The molecule has 1 aliphatic heterocycles. The van der Waals surface area contributed by atoms with E-state index < -0.39 is 5.60 Å². The summed E-state index contributed by atoms with van der Waals surface area (Å²) in [5, 5.41) is 1.55. The fraction of sp³-hybridized carbons (Fsp3) is 0.360. The Balaban J connectivity index is 1.56. The van der Waals surface area contributed by atoms with Crippen LogP contribution in [0.25, 0.3) is 22.4 Å². The number of carbonyl (C=O) groups is 1. The molecule has 5 rings (SSSR count). The molecule has 10 heteroatoms. The molecule has 1 saturated heterocycles. The molecule has 0 aliphatic carbocycles. The quantitative estimate of drug-likeness (QED) is 0.411. The molecular weight excluding hydrogens is 466 g/mol. The lowest BCUT2D eigenvalue weighted by atomic mass is 10.1. The Morgan fingerprint density at radius 1 is 1.20 bits per heavy atom. The minimum absolute atomic E-state index is 0.0273. The Bertz CT molecular complexity index is 1360. The molecule has 4 heterocycles. The van der Waals surface area contributed by atoms with Gasteiger partial charge in [-0.2, -0.15) is 0 Å². The summed E-state index contributed by atoms with van der Waals surface area (Å²) in [5.74, 6) is 0.816. The number of anilines is 1. The van der Waals surface area contributed by atoms with Gasteiger partial charge in [0, 0.05) is 55.0 Å². The molecule has 1 atom stereocenters. The van der Waals surface area contributed by atoms with Gasteiger partial charge in [-0.25, -0.2) is 19.7 Å². The van der Waals surface area contributed by atoms with Gasteiger partial charge in [-0.05, 0) is 45.9 Å². The standard InChI is InChI=1S/C25H28ClN7O2/c1-17-13-30(24(34)35-25(2,3)4)10-11-32(17)22-21-20(31-9-8-27-16-31)14-33(23(21)29-15-28-22)19-7-5-6-18(26)12-19/h5-9,12,14-17H,10-11,13H2,1-4H3/t17-/m0/s1. The second-order valence-corrected chi connectivity index (χ2v) is 10.1. The molecule has 1 aromatic carbocycles. The van der Waals surface area contributed by atoms with E-state index in [-0.39, 0.29) is 12.1 Å². The second-order valence-electron chi connectivity index (χ2n) is 9.70. The van der Waals surface area contributed by atoms with E-state index in [4.69, 9.17) is 21.3 Å². The van der Waals surface area contributed by atoms with Crippen LogP contribution in [-0.2, 0) is 4.74 Å². The van der Waals surface area contributed by atoms with Crippen LogP contribution in [0.15, 0.2) is 55.5 Å². The summed E-state index contributed by atoms with van der Waals surface area (Å²) in [6, 6.07) is 7.69. The van der Waals surface area contributed by atoms with Crippen molar-refractivity contribution in [1.29, 1.82) is 0 Å². The highest BCUT2D eigenvalue weighted by Crippen LogP contribution is 2.34. The van der Waals surface area contributed by atoms with Crippen molar-refractivity contribution in [3.05, 3.63) is 60.5 Å². The first-order valence-corrected chi connectivity index (χ1v) is 11.9. The van der Waals surface area contributed by atoms with Crippen LogP contribution in [0.1, 0.15) is 27.7 Å².